The van der Waals surface area contributed by atoms with Gasteiger partial charge in [0.2, 0.25) is 11.8 Å². The summed E-state index contributed by atoms with van der Waals surface area (Å²) in [6, 6.07) is 5.05. The fraction of sp³-hybridized carbons (Fsp3) is 0.429. The zero-order chi connectivity index (χ0) is 14.5. The number of hydrogen-bond acceptors (Lipinski definition) is 2. The van der Waals surface area contributed by atoms with Gasteiger partial charge in [0, 0.05) is 29.1 Å². The van der Waals surface area contributed by atoms with Crippen molar-refractivity contribution < 1.29 is 9.59 Å². The first-order valence-electron chi connectivity index (χ1n) is 6.54. The van der Waals surface area contributed by atoms with Gasteiger partial charge in [0.25, 0.3) is 0 Å². The number of benzene rings is 1. The Balaban J connectivity index is 1.68. The van der Waals surface area contributed by atoms with Crippen molar-refractivity contribution in [3.63, 3.8) is 0 Å². The van der Waals surface area contributed by atoms with Crippen LogP contribution in [-0.4, -0.2) is 24.9 Å². The summed E-state index contributed by atoms with van der Waals surface area (Å²) in [5.74, 6) is 0.147. The Morgan fingerprint density at radius 3 is 2.50 bits per heavy atom. The molecule has 20 heavy (non-hydrogen) atoms. The standard InChI is InChI=1S/C14H16Cl2N2O2/c15-11-4-3-10(12(16)8-11)7-13(19)17-5-6-18-14(20)9-1-2-9/h3-4,8-9H,1-2,5-7H2,(H,17,19)(H,18,20). The second-order valence-electron chi connectivity index (χ2n) is 4.83. The number of rotatable bonds is 6. The van der Waals surface area contributed by atoms with Crippen molar-refractivity contribution in [2.75, 3.05) is 13.1 Å². The van der Waals surface area contributed by atoms with Crippen LogP contribution in [0.25, 0.3) is 0 Å². The number of hydrogen-bond donors (Lipinski definition) is 2. The lowest BCUT2D eigenvalue weighted by Crippen LogP contribution is -2.35. The van der Waals surface area contributed by atoms with Crippen LogP contribution in [-0.2, 0) is 16.0 Å². The van der Waals surface area contributed by atoms with Crippen LogP contribution in [0.1, 0.15) is 18.4 Å². The normalized spacial score (nSPS) is 13.9. The molecular weight excluding hydrogens is 299 g/mol. The molecule has 6 heteroatoms. The number of carbonyl (C=O) groups excluding carboxylic acids is 2. The molecule has 0 aromatic heterocycles. The first-order chi connectivity index (χ1) is 9.56. The molecule has 0 spiro atoms. The molecule has 0 atom stereocenters. The molecule has 108 valence electrons. The molecule has 4 nitrogen and oxygen atoms in total. The van der Waals surface area contributed by atoms with E-state index in [2.05, 4.69) is 10.6 Å². The smallest absolute Gasteiger partial charge is 0.224 e. The Labute approximate surface area is 127 Å². The van der Waals surface area contributed by atoms with Crippen molar-refractivity contribution in [1.82, 2.24) is 10.6 Å². The third kappa shape index (κ3) is 4.69. The highest BCUT2D eigenvalue weighted by Crippen LogP contribution is 2.28. The summed E-state index contributed by atoms with van der Waals surface area (Å²) in [5.41, 5.74) is 0.732. The maximum absolute atomic E-state index is 11.7. The van der Waals surface area contributed by atoms with E-state index in [9.17, 15) is 9.59 Å². The van der Waals surface area contributed by atoms with Crippen LogP contribution in [0.5, 0.6) is 0 Å². The lowest BCUT2D eigenvalue weighted by atomic mass is 10.1. The minimum absolute atomic E-state index is 0.0833. The quantitative estimate of drug-likeness (QED) is 0.791. The number of nitrogens with one attached hydrogen (secondary N) is 2. The van der Waals surface area contributed by atoms with E-state index in [0.717, 1.165) is 18.4 Å². The molecule has 2 rings (SSSR count). The third-order valence-electron chi connectivity index (χ3n) is 3.06. The Morgan fingerprint density at radius 2 is 1.85 bits per heavy atom. The summed E-state index contributed by atoms with van der Waals surface area (Å²) >= 11 is 11.8. The summed E-state index contributed by atoms with van der Waals surface area (Å²) in [4.78, 5) is 23.1. The highest BCUT2D eigenvalue weighted by Gasteiger charge is 2.28. The van der Waals surface area contributed by atoms with Crippen LogP contribution in [0.4, 0.5) is 0 Å². The van der Waals surface area contributed by atoms with Crippen molar-refractivity contribution in [2.45, 2.75) is 19.3 Å². The summed E-state index contributed by atoms with van der Waals surface area (Å²) in [6.07, 6.45) is 2.16. The van der Waals surface area contributed by atoms with E-state index in [1.54, 1.807) is 18.2 Å². The van der Waals surface area contributed by atoms with E-state index in [-0.39, 0.29) is 24.2 Å². The Kier molecular flexibility index (Phi) is 5.26. The predicted octanol–water partition coefficient (Wildman–Crippen LogP) is 2.18. The minimum Gasteiger partial charge on any atom is -0.354 e. The highest BCUT2D eigenvalue weighted by atomic mass is 35.5. The molecule has 0 radical (unpaired) electrons. The van der Waals surface area contributed by atoms with Crippen molar-refractivity contribution >= 4 is 35.0 Å². The largest absolute Gasteiger partial charge is 0.354 e. The van der Waals surface area contributed by atoms with Crippen LogP contribution in [0, 0.1) is 5.92 Å². The summed E-state index contributed by atoms with van der Waals surface area (Å²) in [5, 5.41) is 6.55. The maximum atomic E-state index is 11.7. The SMILES string of the molecule is O=C(Cc1ccc(Cl)cc1Cl)NCCNC(=O)C1CC1. The van der Waals surface area contributed by atoms with Crippen molar-refractivity contribution in [3.8, 4) is 0 Å². The van der Waals surface area contributed by atoms with Crippen molar-refractivity contribution in [2.24, 2.45) is 5.92 Å². The van der Waals surface area contributed by atoms with E-state index in [1.807, 2.05) is 0 Å². The van der Waals surface area contributed by atoms with Gasteiger partial charge < -0.3 is 10.6 Å². The van der Waals surface area contributed by atoms with E-state index >= 15 is 0 Å². The van der Waals surface area contributed by atoms with Crippen LogP contribution >= 0.6 is 23.2 Å². The van der Waals surface area contributed by atoms with Gasteiger partial charge in [-0.25, -0.2) is 0 Å². The van der Waals surface area contributed by atoms with Gasteiger partial charge in [-0.15, -0.1) is 0 Å². The molecule has 2 N–H and O–H groups in total. The molecule has 1 aromatic rings. The van der Waals surface area contributed by atoms with Gasteiger partial charge in [-0.1, -0.05) is 29.3 Å². The average molecular weight is 315 g/mol. The summed E-state index contributed by atoms with van der Waals surface area (Å²) in [7, 11) is 0. The number of halogens is 2. The van der Waals surface area contributed by atoms with E-state index in [1.165, 1.54) is 0 Å². The van der Waals surface area contributed by atoms with Gasteiger partial charge in [-0.3, -0.25) is 9.59 Å². The van der Waals surface area contributed by atoms with Crippen molar-refractivity contribution in [1.29, 1.82) is 0 Å². The van der Waals surface area contributed by atoms with Gasteiger partial charge >= 0.3 is 0 Å². The second kappa shape index (κ2) is 6.95. The number of carbonyl (C=O) groups is 2. The zero-order valence-corrected chi connectivity index (χ0v) is 12.4. The van der Waals surface area contributed by atoms with Gasteiger partial charge in [0.15, 0.2) is 0 Å². The topological polar surface area (TPSA) is 58.2 Å². The van der Waals surface area contributed by atoms with Gasteiger partial charge in [0.05, 0.1) is 6.42 Å². The Hall–Kier alpha value is -1.26. The summed E-state index contributed by atoms with van der Waals surface area (Å²) < 4.78 is 0. The van der Waals surface area contributed by atoms with E-state index in [0.29, 0.717) is 23.1 Å². The highest BCUT2D eigenvalue weighted by molar-refractivity contribution is 6.35. The van der Waals surface area contributed by atoms with Gasteiger partial charge in [-0.05, 0) is 30.5 Å². The van der Waals surface area contributed by atoms with E-state index in [4.69, 9.17) is 23.2 Å². The maximum Gasteiger partial charge on any atom is 0.224 e. The lowest BCUT2D eigenvalue weighted by Gasteiger charge is -2.08. The molecule has 1 fully saturated rings. The fourth-order valence-corrected chi connectivity index (χ4v) is 2.25. The monoisotopic (exact) mass is 314 g/mol. The molecule has 1 saturated carbocycles. The minimum atomic E-state index is -0.130. The second-order valence-corrected chi connectivity index (χ2v) is 5.67. The molecular formula is C14H16Cl2N2O2. The Bertz CT molecular complexity index is 516. The molecule has 0 bridgehead atoms. The Morgan fingerprint density at radius 1 is 1.15 bits per heavy atom. The molecule has 2 amide bonds. The molecule has 0 unspecified atom stereocenters. The van der Waals surface area contributed by atoms with Gasteiger partial charge in [0.1, 0.15) is 0 Å². The average Bonchev–Trinajstić information content (AvgIpc) is 3.22. The first kappa shape index (κ1) is 15.1. The van der Waals surface area contributed by atoms with Gasteiger partial charge in [-0.2, -0.15) is 0 Å². The van der Waals surface area contributed by atoms with Crippen LogP contribution in [0.2, 0.25) is 10.0 Å². The summed E-state index contributed by atoms with van der Waals surface area (Å²) in [6.45, 7) is 0.873. The molecule has 0 aliphatic heterocycles. The molecule has 1 aliphatic carbocycles. The fourth-order valence-electron chi connectivity index (χ4n) is 1.78. The zero-order valence-electron chi connectivity index (χ0n) is 10.9. The molecule has 1 aliphatic rings. The first-order valence-corrected chi connectivity index (χ1v) is 7.30. The number of amides is 2. The molecule has 0 saturated heterocycles. The third-order valence-corrected chi connectivity index (χ3v) is 3.65. The molecule has 0 heterocycles. The van der Waals surface area contributed by atoms with Crippen LogP contribution in [0.3, 0.4) is 0 Å². The molecule has 1 aromatic carbocycles. The van der Waals surface area contributed by atoms with E-state index < -0.39 is 0 Å². The predicted molar refractivity (Wildman–Crippen MR) is 78.9 cm³/mol. The van der Waals surface area contributed by atoms with Crippen molar-refractivity contribution in [3.05, 3.63) is 33.8 Å². The van der Waals surface area contributed by atoms with Crippen LogP contribution in [0.15, 0.2) is 18.2 Å². The van der Waals surface area contributed by atoms with Crippen LogP contribution < -0.4 is 10.6 Å². The lowest BCUT2D eigenvalue weighted by molar-refractivity contribution is -0.123.